The van der Waals surface area contributed by atoms with Crippen LogP contribution in [0.1, 0.15) is 25.7 Å². The molecular formula is C13H16BrN3O4. The van der Waals surface area contributed by atoms with Gasteiger partial charge in [-0.2, -0.15) is 0 Å². The molecule has 21 heavy (non-hydrogen) atoms. The van der Waals surface area contributed by atoms with Crippen LogP contribution in [0.5, 0.6) is 5.75 Å². The highest BCUT2D eigenvalue weighted by Gasteiger charge is 2.39. The lowest BCUT2D eigenvalue weighted by atomic mass is 9.80. The van der Waals surface area contributed by atoms with E-state index in [1.807, 2.05) is 0 Å². The molecule has 2 rings (SSSR count). The van der Waals surface area contributed by atoms with Gasteiger partial charge in [0.15, 0.2) is 5.75 Å². The van der Waals surface area contributed by atoms with Crippen LogP contribution >= 0.6 is 15.9 Å². The van der Waals surface area contributed by atoms with Crippen LogP contribution in [-0.4, -0.2) is 22.5 Å². The largest absolute Gasteiger partial charge is 0.483 e. The average molecular weight is 358 g/mol. The minimum Gasteiger partial charge on any atom is -0.483 e. The van der Waals surface area contributed by atoms with Crippen LogP contribution in [0.15, 0.2) is 22.7 Å². The summed E-state index contributed by atoms with van der Waals surface area (Å²) in [6.07, 6.45) is 1.77. The van der Waals surface area contributed by atoms with Gasteiger partial charge in [0, 0.05) is 17.0 Å². The first-order valence-corrected chi connectivity index (χ1v) is 7.30. The van der Waals surface area contributed by atoms with Gasteiger partial charge in [0.05, 0.1) is 10.5 Å². The van der Waals surface area contributed by atoms with Crippen molar-refractivity contribution < 1.29 is 14.5 Å². The minimum atomic E-state index is -1.10. The van der Waals surface area contributed by atoms with Gasteiger partial charge in [0.1, 0.15) is 6.10 Å². The minimum absolute atomic E-state index is 0.128. The van der Waals surface area contributed by atoms with E-state index in [1.165, 1.54) is 12.1 Å². The number of carbonyl (C=O) groups is 1. The summed E-state index contributed by atoms with van der Waals surface area (Å²) in [5, 5.41) is 11.1. The topological polar surface area (TPSA) is 121 Å². The molecule has 0 saturated heterocycles. The third-order valence-corrected chi connectivity index (χ3v) is 4.14. The van der Waals surface area contributed by atoms with Gasteiger partial charge in [-0.15, -0.1) is 0 Å². The fraction of sp³-hybridized carbons (Fsp3) is 0.462. The zero-order chi connectivity index (χ0) is 15.6. The molecule has 1 aromatic carbocycles. The van der Waals surface area contributed by atoms with Gasteiger partial charge in [-0.3, -0.25) is 14.9 Å². The van der Waals surface area contributed by atoms with E-state index in [0.29, 0.717) is 23.7 Å². The summed E-state index contributed by atoms with van der Waals surface area (Å²) >= 11 is 3.19. The number of halogens is 1. The lowest BCUT2D eigenvalue weighted by Crippen LogP contribution is -2.56. The van der Waals surface area contributed by atoms with E-state index < -0.39 is 16.4 Å². The van der Waals surface area contributed by atoms with Crippen molar-refractivity contribution in [2.45, 2.75) is 37.3 Å². The zero-order valence-electron chi connectivity index (χ0n) is 11.3. The average Bonchev–Trinajstić information content (AvgIpc) is 2.40. The second kappa shape index (κ2) is 5.98. The lowest BCUT2D eigenvalue weighted by molar-refractivity contribution is -0.386. The molecule has 114 valence electrons. The molecule has 2 atom stereocenters. The molecule has 0 aromatic heterocycles. The van der Waals surface area contributed by atoms with Gasteiger partial charge in [-0.25, -0.2) is 0 Å². The van der Waals surface area contributed by atoms with Gasteiger partial charge in [-0.1, -0.05) is 15.9 Å². The van der Waals surface area contributed by atoms with E-state index in [0.717, 1.165) is 0 Å². The van der Waals surface area contributed by atoms with Gasteiger partial charge in [0.25, 0.3) is 0 Å². The van der Waals surface area contributed by atoms with Crippen LogP contribution in [0, 0.1) is 10.1 Å². The number of carbonyl (C=O) groups excluding carboxylic acids is 1. The smallest absolute Gasteiger partial charge is 0.312 e. The molecule has 1 aliphatic carbocycles. The number of nitrogens with two attached hydrogens (primary N) is 2. The third-order valence-electron chi connectivity index (χ3n) is 3.64. The number of primary amides is 1. The number of nitrogens with zero attached hydrogens (tertiary/aromatic N) is 1. The highest BCUT2D eigenvalue weighted by atomic mass is 79.9. The molecular weight excluding hydrogens is 342 g/mol. The quantitative estimate of drug-likeness (QED) is 0.628. The van der Waals surface area contributed by atoms with Crippen molar-refractivity contribution in [3.63, 3.8) is 0 Å². The van der Waals surface area contributed by atoms with E-state index in [9.17, 15) is 14.9 Å². The van der Waals surface area contributed by atoms with Crippen molar-refractivity contribution in [2.24, 2.45) is 11.5 Å². The molecule has 1 amide bonds. The van der Waals surface area contributed by atoms with Crippen LogP contribution in [0.25, 0.3) is 0 Å². The normalized spacial score (nSPS) is 25.3. The van der Waals surface area contributed by atoms with E-state index in [4.69, 9.17) is 16.2 Å². The Morgan fingerprint density at radius 1 is 1.52 bits per heavy atom. The molecule has 7 nitrogen and oxygen atoms in total. The first-order chi connectivity index (χ1) is 9.82. The molecule has 2 unspecified atom stereocenters. The number of ether oxygens (including phenoxy) is 1. The van der Waals surface area contributed by atoms with E-state index in [2.05, 4.69) is 15.9 Å². The Morgan fingerprint density at radius 2 is 2.24 bits per heavy atom. The van der Waals surface area contributed by atoms with Crippen molar-refractivity contribution >= 4 is 27.5 Å². The van der Waals surface area contributed by atoms with E-state index >= 15 is 0 Å². The number of benzene rings is 1. The number of nitro groups is 1. The first kappa shape index (κ1) is 15.7. The molecule has 1 fully saturated rings. The lowest BCUT2D eigenvalue weighted by Gasteiger charge is -2.35. The fourth-order valence-electron chi connectivity index (χ4n) is 2.49. The molecule has 0 aliphatic heterocycles. The predicted octanol–water partition coefficient (Wildman–Crippen LogP) is 1.86. The Bertz CT molecular complexity index is 581. The SMILES string of the molecule is NC(=O)C1(N)CCCC(Oc2ccc(Br)cc2[N+](=O)[O-])C1. The van der Waals surface area contributed by atoms with Gasteiger partial charge in [0.2, 0.25) is 5.91 Å². The maximum atomic E-state index is 11.4. The molecule has 4 N–H and O–H groups in total. The van der Waals surface area contributed by atoms with Crippen LogP contribution in [0.2, 0.25) is 0 Å². The molecule has 8 heteroatoms. The molecule has 1 aliphatic rings. The van der Waals surface area contributed by atoms with Crippen LogP contribution in [0.4, 0.5) is 5.69 Å². The summed E-state index contributed by atoms with van der Waals surface area (Å²) in [7, 11) is 0. The molecule has 0 bridgehead atoms. The number of rotatable bonds is 4. The summed E-state index contributed by atoms with van der Waals surface area (Å²) in [4.78, 5) is 22.0. The molecule has 1 saturated carbocycles. The third kappa shape index (κ3) is 3.51. The van der Waals surface area contributed by atoms with Crippen molar-refractivity contribution in [3.05, 3.63) is 32.8 Å². The molecule has 0 radical (unpaired) electrons. The summed E-state index contributed by atoms with van der Waals surface area (Å²) < 4.78 is 6.29. The Kier molecular flexibility index (Phi) is 4.48. The van der Waals surface area contributed by atoms with Gasteiger partial charge in [-0.05, 0) is 31.4 Å². The molecule has 0 heterocycles. The van der Waals surface area contributed by atoms with Crippen LogP contribution in [0.3, 0.4) is 0 Å². The fourth-order valence-corrected chi connectivity index (χ4v) is 2.84. The standard InChI is InChI=1S/C13H16BrN3O4/c14-8-3-4-11(10(6-8)17(19)20)21-9-2-1-5-13(16,7-9)12(15)18/h3-4,6,9H,1-2,5,7,16H2,(H2,15,18). The number of nitro benzene ring substituents is 1. The predicted molar refractivity (Wildman–Crippen MR) is 79.8 cm³/mol. The van der Waals surface area contributed by atoms with Crippen molar-refractivity contribution in [2.75, 3.05) is 0 Å². The second-order valence-electron chi connectivity index (χ2n) is 5.23. The second-order valence-corrected chi connectivity index (χ2v) is 6.14. The van der Waals surface area contributed by atoms with E-state index in [1.54, 1.807) is 6.07 Å². The summed E-state index contributed by atoms with van der Waals surface area (Å²) in [5.41, 5.74) is 10.1. The summed E-state index contributed by atoms with van der Waals surface area (Å²) in [6, 6.07) is 4.57. The zero-order valence-corrected chi connectivity index (χ0v) is 12.8. The Balaban J connectivity index is 2.19. The van der Waals surface area contributed by atoms with Crippen molar-refractivity contribution in [1.82, 2.24) is 0 Å². The van der Waals surface area contributed by atoms with Gasteiger partial charge >= 0.3 is 5.69 Å². The monoisotopic (exact) mass is 357 g/mol. The number of hydrogen-bond acceptors (Lipinski definition) is 5. The summed E-state index contributed by atoms with van der Waals surface area (Å²) in [6.45, 7) is 0. The summed E-state index contributed by atoms with van der Waals surface area (Å²) in [5.74, 6) is -0.400. The Labute approximate surface area is 129 Å². The maximum absolute atomic E-state index is 11.4. The number of amides is 1. The van der Waals surface area contributed by atoms with Crippen LogP contribution < -0.4 is 16.2 Å². The Morgan fingerprint density at radius 3 is 2.86 bits per heavy atom. The highest BCUT2D eigenvalue weighted by Crippen LogP contribution is 2.34. The van der Waals surface area contributed by atoms with Crippen LogP contribution in [-0.2, 0) is 4.79 Å². The maximum Gasteiger partial charge on any atom is 0.312 e. The van der Waals surface area contributed by atoms with Crippen molar-refractivity contribution in [3.8, 4) is 5.75 Å². The van der Waals surface area contributed by atoms with Crippen molar-refractivity contribution in [1.29, 1.82) is 0 Å². The van der Waals surface area contributed by atoms with E-state index in [-0.39, 0.29) is 24.0 Å². The molecule has 1 aromatic rings. The molecule has 0 spiro atoms. The highest BCUT2D eigenvalue weighted by molar-refractivity contribution is 9.10. The number of hydrogen-bond donors (Lipinski definition) is 2. The Hall–Kier alpha value is -1.67. The first-order valence-electron chi connectivity index (χ1n) is 6.51. The van der Waals surface area contributed by atoms with Gasteiger partial charge < -0.3 is 16.2 Å².